The zero-order chi connectivity index (χ0) is 11.5. The van der Waals surface area contributed by atoms with Gasteiger partial charge in [-0.1, -0.05) is 19.1 Å². The van der Waals surface area contributed by atoms with E-state index in [9.17, 15) is 9.90 Å². The van der Waals surface area contributed by atoms with Crippen LogP contribution in [0.1, 0.15) is 44.1 Å². The first-order valence-electron chi connectivity index (χ1n) is 6.01. The summed E-state index contributed by atoms with van der Waals surface area (Å²) in [5, 5.41) is 9.38. The van der Waals surface area contributed by atoms with Crippen LogP contribution in [0.25, 0.3) is 0 Å². The van der Waals surface area contributed by atoms with E-state index in [1.807, 2.05) is 25.1 Å². The SMILES string of the molecule is CCCC(=O)CC1CC1c1cccc(O)c1. The lowest BCUT2D eigenvalue weighted by molar-refractivity contribution is -0.119. The smallest absolute Gasteiger partial charge is 0.133 e. The van der Waals surface area contributed by atoms with Gasteiger partial charge in [-0.3, -0.25) is 4.79 Å². The van der Waals surface area contributed by atoms with E-state index < -0.39 is 0 Å². The quantitative estimate of drug-likeness (QED) is 0.823. The Kier molecular flexibility index (Phi) is 3.28. The predicted molar refractivity (Wildman–Crippen MR) is 63.5 cm³/mol. The van der Waals surface area contributed by atoms with Crippen molar-refractivity contribution in [1.29, 1.82) is 0 Å². The fraction of sp³-hybridized carbons (Fsp3) is 0.500. The molecule has 86 valence electrons. The topological polar surface area (TPSA) is 37.3 Å². The molecule has 0 aliphatic heterocycles. The molecular weight excluding hydrogens is 200 g/mol. The number of carbonyl (C=O) groups excluding carboxylic acids is 1. The second-order valence-electron chi connectivity index (χ2n) is 4.69. The molecule has 1 saturated carbocycles. The molecule has 0 aromatic heterocycles. The molecule has 0 radical (unpaired) electrons. The van der Waals surface area contributed by atoms with Crippen molar-refractivity contribution >= 4 is 5.78 Å². The summed E-state index contributed by atoms with van der Waals surface area (Å²) in [5.74, 6) is 1.71. The van der Waals surface area contributed by atoms with Crippen molar-refractivity contribution in [2.45, 2.75) is 38.5 Å². The number of benzene rings is 1. The van der Waals surface area contributed by atoms with Gasteiger partial charge in [-0.2, -0.15) is 0 Å². The van der Waals surface area contributed by atoms with Crippen LogP contribution in [-0.2, 0) is 4.79 Å². The maximum Gasteiger partial charge on any atom is 0.133 e. The first-order valence-corrected chi connectivity index (χ1v) is 6.01. The Morgan fingerprint density at radius 2 is 2.31 bits per heavy atom. The highest BCUT2D eigenvalue weighted by Crippen LogP contribution is 2.50. The van der Waals surface area contributed by atoms with Gasteiger partial charge in [0.05, 0.1) is 0 Å². The van der Waals surface area contributed by atoms with Crippen LogP contribution in [0, 0.1) is 5.92 Å². The zero-order valence-electron chi connectivity index (χ0n) is 9.65. The van der Waals surface area contributed by atoms with Gasteiger partial charge in [-0.05, 0) is 42.4 Å². The standard InChI is InChI=1S/C14H18O2/c1-2-4-12(15)8-11-9-14(11)10-5-3-6-13(16)7-10/h3,5-7,11,14,16H,2,4,8-9H2,1H3. The lowest BCUT2D eigenvalue weighted by Gasteiger charge is -2.01. The molecule has 1 N–H and O–H groups in total. The molecule has 1 aromatic rings. The van der Waals surface area contributed by atoms with Crippen molar-refractivity contribution in [2.24, 2.45) is 5.92 Å². The van der Waals surface area contributed by atoms with E-state index in [-0.39, 0.29) is 0 Å². The van der Waals surface area contributed by atoms with Crippen molar-refractivity contribution < 1.29 is 9.90 Å². The summed E-state index contributed by atoms with van der Waals surface area (Å²) in [6.07, 6.45) is 3.47. The summed E-state index contributed by atoms with van der Waals surface area (Å²) in [6.45, 7) is 2.04. The fourth-order valence-electron chi connectivity index (χ4n) is 2.31. The van der Waals surface area contributed by atoms with Gasteiger partial charge in [-0.15, -0.1) is 0 Å². The summed E-state index contributed by atoms with van der Waals surface area (Å²) in [7, 11) is 0. The zero-order valence-corrected chi connectivity index (χ0v) is 9.65. The Morgan fingerprint density at radius 3 is 3.00 bits per heavy atom. The number of carbonyl (C=O) groups is 1. The Labute approximate surface area is 96.3 Å². The van der Waals surface area contributed by atoms with Gasteiger partial charge >= 0.3 is 0 Å². The van der Waals surface area contributed by atoms with Crippen LogP contribution in [0.2, 0.25) is 0 Å². The van der Waals surface area contributed by atoms with E-state index >= 15 is 0 Å². The van der Waals surface area contributed by atoms with E-state index in [0.29, 0.717) is 36.2 Å². The number of hydrogen-bond acceptors (Lipinski definition) is 2. The summed E-state index contributed by atoms with van der Waals surface area (Å²) in [4.78, 5) is 11.5. The van der Waals surface area contributed by atoms with E-state index in [1.165, 1.54) is 5.56 Å². The molecule has 2 rings (SSSR count). The lowest BCUT2D eigenvalue weighted by Crippen LogP contribution is -1.98. The molecule has 2 heteroatoms. The van der Waals surface area contributed by atoms with Crippen LogP contribution < -0.4 is 0 Å². The first kappa shape index (κ1) is 11.2. The summed E-state index contributed by atoms with van der Waals surface area (Å²) in [5.41, 5.74) is 1.18. The van der Waals surface area contributed by atoms with E-state index in [2.05, 4.69) is 0 Å². The predicted octanol–water partition coefficient (Wildman–Crippen LogP) is 3.26. The molecule has 0 saturated heterocycles. The van der Waals surface area contributed by atoms with Crippen LogP contribution >= 0.6 is 0 Å². The van der Waals surface area contributed by atoms with Gasteiger partial charge in [0.2, 0.25) is 0 Å². The van der Waals surface area contributed by atoms with E-state index in [1.54, 1.807) is 6.07 Å². The van der Waals surface area contributed by atoms with Crippen molar-refractivity contribution in [2.75, 3.05) is 0 Å². The van der Waals surface area contributed by atoms with Crippen LogP contribution in [-0.4, -0.2) is 10.9 Å². The highest BCUT2D eigenvalue weighted by atomic mass is 16.3. The number of ketones is 1. The third-order valence-electron chi connectivity index (χ3n) is 3.24. The number of phenols is 1. The molecule has 1 fully saturated rings. The Morgan fingerprint density at radius 1 is 1.50 bits per heavy atom. The lowest BCUT2D eigenvalue weighted by atomic mass is 10.0. The van der Waals surface area contributed by atoms with Crippen molar-refractivity contribution in [1.82, 2.24) is 0 Å². The van der Waals surface area contributed by atoms with Crippen LogP contribution in [0.5, 0.6) is 5.75 Å². The minimum atomic E-state index is 0.322. The Bertz CT molecular complexity index is 384. The molecule has 16 heavy (non-hydrogen) atoms. The number of Topliss-reactive ketones (excluding diaryl/α,β-unsaturated/α-hetero) is 1. The highest BCUT2D eigenvalue weighted by molar-refractivity contribution is 5.79. The molecule has 0 heterocycles. The molecule has 0 amide bonds. The van der Waals surface area contributed by atoms with Gasteiger partial charge in [0.15, 0.2) is 0 Å². The minimum absolute atomic E-state index is 0.322. The second-order valence-corrected chi connectivity index (χ2v) is 4.69. The average molecular weight is 218 g/mol. The Hall–Kier alpha value is -1.31. The summed E-state index contributed by atoms with van der Waals surface area (Å²) < 4.78 is 0. The second kappa shape index (κ2) is 4.69. The Balaban J connectivity index is 1.89. The van der Waals surface area contributed by atoms with E-state index in [0.717, 1.165) is 12.8 Å². The first-order chi connectivity index (χ1) is 7.70. The molecule has 1 aromatic carbocycles. The number of hydrogen-bond donors (Lipinski definition) is 1. The monoisotopic (exact) mass is 218 g/mol. The van der Waals surface area contributed by atoms with Gasteiger partial charge in [0.25, 0.3) is 0 Å². The molecular formula is C14H18O2. The largest absolute Gasteiger partial charge is 0.508 e. The van der Waals surface area contributed by atoms with Crippen LogP contribution in [0.3, 0.4) is 0 Å². The molecule has 0 bridgehead atoms. The number of rotatable bonds is 5. The van der Waals surface area contributed by atoms with Crippen molar-refractivity contribution in [3.8, 4) is 5.75 Å². The summed E-state index contributed by atoms with van der Waals surface area (Å²) >= 11 is 0. The highest BCUT2D eigenvalue weighted by Gasteiger charge is 2.39. The molecule has 1 aliphatic rings. The molecule has 2 unspecified atom stereocenters. The third kappa shape index (κ3) is 2.63. The molecule has 1 aliphatic carbocycles. The van der Waals surface area contributed by atoms with Crippen LogP contribution in [0.4, 0.5) is 0 Å². The number of aromatic hydroxyl groups is 1. The van der Waals surface area contributed by atoms with Gasteiger partial charge in [-0.25, -0.2) is 0 Å². The molecule has 2 atom stereocenters. The van der Waals surface area contributed by atoms with Gasteiger partial charge < -0.3 is 5.11 Å². The summed E-state index contributed by atoms with van der Waals surface area (Å²) in [6, 6.07) is 7.40. The van der Waals surface area contributed by atoms with Gasteiger partial charge in [0.1, 0.15) is 11.5 Å². The normalized spacial score (nSPS) is 23.1. The minimum Gasteiger partial charge on any atom is -0.508 e. The average Bonchev–Trinajstić information content (AvgIpc) is 2.97. The number of phenolic OH excluding ortho intramolecular Hbond substituents is 1. The van der Waals surface area contributed by atoms with Crippen molar-refractivity contribution in [3.63, 3.8) is 0 Å². The van der Waals surface area contributed by atoms with Crippen LogP contribution in [0.15, 0.2) is 24.3 Å². The maximum absolute atomic E-state index is 11.5. The van der Waals surface area contributed by atoms with E-state index in [4.69, 9.17) is 0 Å². The maximum atomic E-state index is 11.5. The third-order valence-corrected chi connectivity index (χ3v) is 3.24. The van der Waals surface area contributed by atoms with Gasteiger partial charge in [0, 0.05) is 12.8 Å². The molecule has 0 spiro atoms. The molecule has 2 nitrogen and oxygen atoms in total. The van der Waals surface area contributed by atoms with Crippen molar-refractivity contribution in [3.05, 3.63) is 29.8 Å². The fourth-order valence-corrected chi connectivity index (χ4v) is 2.31.